The molecule has 1 saturated heterocycles. The first-order chi connectivity index (χ1) is 8.83. The highest BCUT2D eigenvalue weighted by Gasteiger charge is 2.24. The predicted octanol–water partition coefficient (Wildman–Crippen LogP) is 3.46. The molecular weight excluding hydrogens is 264 g/mol. The molecule has 0 bridgehead atoms. The lowest BCUT2D eigenvalue weighted by molar-refractivity contribution is 0.226. The minimum atomic E-state index is 0.550. The highest BCUT2D eigenvalue weighted by molar-refractivity contribution is 7.16. The molecule has 1 aromatic rings. The average molecular weight is 285 g/mol. The Labute approximate surface area is 118 Å². The zero-order chi connectivity index (χ0) is 12.4. The second-order valence-electron chi connectivity index (χ2n) is 5.38. The van der Waals surface area contributed by atoms with E-state index >= 15 is 0 Å². The summed E-state index contributed by atoms with van der Waals surface area (Å²) in [4.78, 5) is 4.09. The summed E-state index contributed by atoms with van der Waals surface area (Å²) < 4.78 is 0.947. The van der Waals surface area contributed by atoms with Crippen LogP contribution in [0.5, 0.6) is 0 Å². The minimum absolute atomic E-state index is 0.550. The van der Waals surface area contributed by atoms with Gasteiger partial charge in [-0.1, -0.05) is 18.0 Å². The molecule has 0 saturated carbocycles. The van der Waals surface area contributed by atoms with Gasteiger partial charge in [0.25, 0.3) is 0 Å². The number of hydrogen-bond acceptors (Lipinski definition) is 3. The summed E-state index contributed by atoms with van der Waals surface area (Å²) in [7, 11) is 0. The Bertz CT molecular complexity index is 398. The molecule has 0 amide bonds. The molecule has 1 unspecified atom stereocenters. The molecule has 1 atom stereocenters. The summed E-state index contributed by atoms with van der Waals surface area (Å²) in [5.41, 5.74) is 1.46. The Morgan fingerprint density at radius 1 is 1.33 bits per heavy atom. The summed E-state index contributed by atoms with van der Waals surface area (Å²) in [6.45, 7) is 4.89. The van der Waals surface area contributed by atoms with Crippen molar-refractivity contribution in [1.82, 2.24) is 10.2 Å². The molecule has 0 radical (unpaired) electrons. The summed E-state index contributed by atoms with van der Waals surface area (Å²) >= 11 is 7.84. The van der Waals surface area contributed by atoms with E-state index in [0.717, 1.165) is 10.9 Å². The molecule has 1 N–H and O–H groups in total. The van der Waals surface area contributed by atoms with Gasteiger partial charge in [0, 0.05) is 24.0 Å². The van der Waals surface area contributed by atoms with Gasteiger partial charge in [0.1, 0.15) is 0 Å². The van der Waals surface area contributed by atoms with Crippen molar-refractivity contribution < 1.29 is 0 Å². The monoisotopic (exact) mass is 284 g/mol. The fourth-order valence-corrected chi connectivity index (χ4v) is 4.48. The van der Waals surface area contributed by atoms with Crippen molar-refractivity contribution in [3.63, 3.8) is 0 Å². The average Bonchev–Trinajstić information content (AvgIpc) is 2.91. The number of fused-ring (bicyclic) bond motifs is 1. The lowest BCUT2D eigenvalue weighted by atomic mass is 10.1. The number of nitrogens with zero attached hydrogens (tertiary/aromatic N) is 1. The molecule has 0 aromatic carbocycles. The van der Waals surface area contributed by atoms with Crippen molar-refractivity contribution in [2.24, 2.45) is 0 Å². The molecule has 2 heterocycles. The lowest BCUT2D eigenvalue weighted by Crippen LogP contribution is -2.36. The van der Waals surface area contributed by atoms with Gasteiger partial charge in [0.2, 0.25) is 0 Å². The second kappa shape index (κ2) is 5.91. The molecule has 4 heteroatoms. The third-order valence-electron chi connectivity index (χ3n) is 4.11. The Hall–Kier alpha value is -0.0900. The number of thiophene rings is 1. The number of likely N-dealkylation sites (tertiary alicyclic amines) is 1. The SMILES string of the molecule is Clc1cc2c(s1)CCC2NCCN1CCCCC1. The van der Waals surface area contributed by atoms with Gasteiger partial charge < -0.3 is 10.2 Å². The summed E-state index contributed by atoms with van der Waals surface area (Å²) in [5, 5.41) is 3.70. The van der Waals surface area contributed by atoms with Gasteiger partial charge in [-0.05, 0) is 50.4 Å². The Kier molecular flexibility index (Phi) is 4.24. The van der Waals surface area contributed by atoms with Crippen LogP contribution >= 0.6 is 22.9 Å². The number of hydrogen-bond donors (Lipinski definition) is 1. The van der Waals surface area contributed by atoms with Crippen LogP contribution in [-0.2, 0) is 6.42 Å². The summed E-state index contributed by atoms with van der Waals surface area (Å²) in [6, 6.07) is 2.71. The number of halogens is 1. The molecule has 1 aliphatic heterocycles. The maximum Gasteiger partial charge on any atom is 0.0934 e. The predicted molar refractivity (Wildman–Crippen MR) is 78.7 cm³/mol. The highest BCUT2D eigenvalue weighted by Crippen LogP contribution is 2.39. The molecule has 2 nitrogen and oxygen atoms in total. The molecule has 2 aliphatic rings. The molecular formula is C14H21ClN2S. The molecule has 18 heavy (non-hydrogen) atoms. The van der Waals surface area contributed by atoms with Gasteiger partial charge in [-0.15, -0.1) is 11.3 Å². The van der Waals surface area contributed by atoms with E-state index in [1.807, 2.05) is 0 Å². The number of rotatable bonds is 4. The van der Waals surface area contributed by atoms with Gasteiger partial charge in [0.05, 0.1) is 4.34 Å². The minimum Gasteiger partial charge on any atom is -0.309 e. The van der Waals surface area contributed by atoms with E-state index in [2.05, 4.69) is 16.3 Å². The van der Waals surface area contributed by atoms with Crippen molar-refractivity contribution in [2.75, 3.05) is 26.2 Å². The zero-order valence-electron chi connectivity index (χ0n) is 10.8. The maximum atomic E-state index is 6.08. The smallest absolute Gasteiger partial charge is 0.0934 e. The first-order valence-electron chi connectivity index (χ1n) is 7.07. The maximum absolute atomic E-state index is 6.08. The summed E-state index contributed by atoms with van der Waals surface area (Å²) in [5.74, 6) is 0. The Morgan fingerprint density at radius 3 is 3.00 bits per heavy atom. The third kappa shape index (κ3) is 2.90. The van der Waals surface area contributed by atoms with Crippen LogP contribution in [0.1, 0.15) is 42.2 Å². The molecule has 3 rings (SSSR count). The van der Waals surface area contributed by atoms with Gasteiger partial charge in [-0.3, -0.25) is 0 Å². The topological polar surface area (TPSA) is 15.3 Å². The Balaban J connectivity index is 1.46. The van der Waals surface area contributed by atoms with E-state index in [1.165, 1.54) is 62.2 Å². The molecule has 0 spiro atoms. The van der Waals surface area contributed by atoms with Gasteiger partial charge in [-0.25, -0.2) is 0 Å². The zero-order valence-corrected chi connectivity index (χ0v) is 12.3. The fraction of sp³-hybridized carbons (Fsp3) is 0.714. The van der Waals surface area contributed by atoms with Crippen LogP contribution in [0.15, 0.2) is 6.07 Å². The van der Waals surface area contributed by atoms with Gasteiger partial charge in [-0.2, -0.15) is 0 Å². The van der Waals surface area contributed by atoms with Crippen molar-refractivity contribution in [2.45, 2.75) is 38.1 Å². The first-order valence-corrected chi connectivity index (χ1v) is 8.26. The van der Waals surface area contributed by atoms with Crippen molar-refractivity contribution in [1.29, 1.82) is 0 Å². The van der Waals surface area contributed by atoms with Crippen LogP contribution in [-0.4, -0.2) is 31.1 Å². The molecule has 1 aromatic heterocycles. The van der Waals surface area contributed by atoms with Crippen LogP contribution in [0.4, 0.5) is 0 Å². The van der Waals surface area contributed by atoms with E-state index < -0.39 is 0 Å². The van der Waals surface area contributed by atoms with Crippen molar-refractivity contribution in [3.8, 4) is 0 Å². The lowest BCUT2D eigenvalue weighted by Gasteiger charge is -2.27. The molecule has 100 valence electrons. The van der Waals surface area contributed by atoms with Crippen LogP contribution < -0.4 is 5.32 Å². The Morgan fingerprint density at radius 2 is 2.17 bits per heavy atom. The number of aryl methyl sites for hydroxylation is 1. The number of piperidine rings is 1. The number of nitrogens with one attached hydrogen (secondary N) is 1. The van der Waals surface area contributed by atoms with Crippen LogP contribution in [0.25, 0.3) is 0 Å². The van der Waals surface area contributed by atoms with E-state index in [1.54, 1.807) is 11.3 Å². The fourth-order valence-electron chi connectivity index (χ4n) is 3.12. The quantitative estimate of drug-likeness (QED) is 0.911. The normalized spacial score (nSPS) is 24.4. The van der Waals surface area contributed by atoms with Gasteiger partial charge in [0.15, 0.2) is 0 Å². The molecule has 1 fully saturated rings. The van der Waals surface area contributed by atoms with Gasteiger partial charge >= 0.3 is 0 Å². The van der Waals surface area contributed by atoms with Crippen LogP contribution in [0.2, 0.25) is 4.34 Å². The van der Waals surface area contributed by atoms with Crippen LogP contribution in [0, 0.1) is 0 Å². The van der Waals surface area contributed by atoms with E-state index in [-0.39, 0.29) is 0 Å². The van der Waals surface area contributed by atoms with E-state index in [4.69, 9.17) is 11.6 Å². The first kappa shape index (κ1) is 12.9. The highest BCUT2D eigenvalue weighted by atomic mass is 35.5. The van der Waals surface area contributed by atoms with Crippen LogP contribution in [0.3, 0.4) is 0 Å². The third-order valence-corrected chi connectivity index (χ3v) is 5.45. The second-order valence-corrected chi connectivity index (χ2v) is 7.14. The molecule has 1 aliphatic carbocycles. The standard InChI is InChI=1S/C14H21ClN2S/c15-14-10-11-12(4-5-13(11)18-14)16-6-9-17-7-2-1-3-8-17/h10,12,16H,1-9H2. The van der Waals surface area contributed by atoms with E-state index in [0.29, 0.717) is 6.04 Å². The van der Waals surface area contributed by atoms with Crippen molar-refractivity contribution >= 4 is 22.9 Å². The largest absolute Gasteiger partial charge is 0.309 e. The van der Waals surface area contributed by atoms with Crippen molar-refractivity contribution in [3.05, 3.63) is 20.8 Å². The van der Waals surface area contributed by atoms with E-state index in [9.17, 15) is 0 Å². The summed E-state index contributed by atoms with van der Waals surface area (Å²) in [6.07, 6.45) is 6.64.